The van der Waals surface area contributed by atoms with Crippen LogP contribution in [-0.4, -0.2) is 30.3 Å². The van der Waals surface area contributed by atoms with Crippen LogP contribution < -0.4 is 14.8 Å². The van der Waals surface area contributed by atoms with E-state index in [4.69, 9.17) is 14.2 Å². The number of methoxy groups -OCH3 is 1. The Hall–Kier alpha value is -3.19. The standard InChI is InChI=1S/C19H18FN3O3/c1-24-12-13-25-16-8-4-15(5-9-16)22-19-21-11-10-18(23-19)26-17-6-2-14(20)3-7-17/h2-11H,12-13H2,1H3,(H,21,22,23). The van der Waals surface area contributed by atoms with Crippen molar-refractivity contribution in [2.45, 2.75) is 0 Å². The van der Waals surface area contributed by atoms with Gasteiger partial charge in [-0.05, 0) is 48.5 Å². The summed E-state index contributed by atoms with van der Waals surface area (Å²) in [6.45, 7) is 1.03. The van der Waals surface area contributed by atoms with Crippen molar-refractivity contribution < 1.29 is 18.6 Å². The maximum Gasteiger partial charge on any atom is 0.230 e. The van der Waals surface area contributed by atoms with E-state index >= 15 is 0 Å². The molecule has 2 aromatic carbocycles. The lowest BCUT2D eigenvalue weighted by atomic mass is 10.3. The molecule has 0 aliphatic heterocycles. The monoisotopic (exact) mass is 355 g/mol. The minimum Gasteiger partial charge on any atom is -0.491 e. The van der Waals surface area contributed by atoms with E-state index < -0.39 is 0 Å². The van der Waals surface area contributed by atoms with Gasteiger partial charge in [0.25, 0.3) is 0 Å². The van der Waals surface area contributed by atoms with Gasteiger partial charge in [0.15, 0.2) is 0 Å². The third kappa shape index (κ3) is 5.15. The smallest absolute Gasteiger partial charge is 0.230 e. The van der Waals surface area contributed by atoms with Gasteiger partial charge in [-0.25, -0.2) is 9.37 Å². The van der Waals surface area contributed by atoms with Gasteiger partial charge >= 0.3 is 0 Å². The van der Waals surface area contributed by atoms with Gasteiger partial charge in [0, 0.05) is 25.1 Å². The Labute approximate surface area is 150 Å². The van der Waals surface area contributed by atoms with Crippen molar-refractivity contribution in [3.8, 4) is 17.4 Å². The van der Waals surface area contributed by atoms with E-state index in [9.17, 15) is 4.39 Å². The zero-order chi connectivity index (χ0) is 18.2. The number of halogens is 1. The first-order valence-electron chi connectivity index (χ1n) is 7.98. The average molecular weight is 355 g/mol. The summed E-state index contributed by atoms with van der Waals surface area (Å²) in [6, 6.07) is 14.8. The number of rotatable bonds is 8. The lowest BCUT2D eigenvalue weighted by molar-refractivity contribution is 0.146. The molecule has 1 N–H and O–H groups in total. The second kappa shape index (κ2) is 8.77. The highest BCUT2D eigenvalue weighted by atomic mass is 19.1. The van der Waals surface area contributed by atoms with Crippen LogP contribution in [0.25, 0.3) is 0 Å². The molecular formula is C19H18FN3O3. The normalized spacial score (nSPS) is 10.4. The number of hydrogen-bond donors (Lipinski definition) is 1. The number of anilines is 2. The molecule has 1 aromatic heterocycles. The Morgan fingerprint density at radius 3 is 2.38 bits per heavy atom. The van der Waals surface area contributed by atoms with Gasteiger partial charge in [-0.15, -0.1) is 0 Å². The number of nitrogens with one attached hydrogen (secondary N) is 1. The molecule has 0 aliphatic rings. The van der Waals surface area contributed by atoms with Crippen LogP contribution in [-0.2, 0) is 4.74 Å². The first-order valence-corrected chi connectivity index (χ1v) is 7.98. The fraction of sp³-hybridized carbons (Fsp3) is 0.158. The van der Waals surface area contributed by atoms with Crippen molar-refractivity contribution in [1.29, 1.82) is 0 Å². The summed E-state index contributed by atoms with van der Waals surface area (Å²) in [6.07, 6.45) is 1.58. The summed E-state index contributed by atoms with van der Waals surface area (Å²) in [5.41, 5.74) is 0.808. The minimum atomic E-state index is -0.322. The number of aromatic nitrogens is 2. The van der Waals surface area contributed by atoms with E-state index in [1.807, 2.05) is 24.3 Å². The molecule has 134 valence electrons. The molecule has 0 amide bonds. The average Bonchev–Trinajstić information content (AvgIpc) is 2.66. The second-order valence-corrected chi connectivity index (χ2v) is 5.27. The van der Waals surface area contributed by atoms with Crippen molar-refractivity contribution in [3.63, 3.8) is 0 Å². The number of hydrogen-bond acceptors (Lipinski definition) is 6. The summed E-state index contributed by atoms with van der Waals surface area (Å²) >= 11 is 0. The summed E-state index contributed by atoms with van der Waals surface area (Å²) in [5, 5.41) is 3.09. The SMILES string of the molecule is COCCOc1ccc(Nc2nccc(Oc3ccc(F)cc3)n2)cc1. The van der Waals surface area contributed by atoms with Crippen LogP contribution >= 0.6 is 0 Å². The van der Waals surface area contributed by atoms with Crippen molar-refractivity contribution in [1.82, 2.24) is 9.97 Å². The summed E-state index contributed by atoms with van der Waals surface area (Å²) in [4.78, 5) is 8.45. The quantitative estimate of drug-likeness (QED) is 0.612. The Kier molecular flexibility index (Phi) is 5.95. The number of ether oxygens (including phenoxy) is 3. The van der Waals surface area contributed by atoms with Crippen LogP contribution in [0.3, 0.4) is 0 Å². The molecular weight excluding hydrogens is 337 g/mol. The van der Waals surface area contributed by atoms with Crippen LogP contribution in [0.15, 0.2) is 60.8 Å². The Morgan fingerprint density at radius 2 is 1.65 bits per heavy atom. The lowest BCUT2D eigenvalue weighted by Crippen LogP contribution is -2.04. The summed E-state index contributed by atoms with van der Waals surface area (Å²) < 4.78 is 29.0. The molecule has 6 nitrogen and oxygen atoms in total. The third-order valence-corrected chi connectivity index (χ3v) is 3.33. The molecule has 0 bridgehead atoms. The van der Waals surface area contributed by atoms with E-state index in [1.165, 1.54) is 24.3 Å². The molecule has 3 aromatic rings. The van der Waals surface area contributed by atoms with Gasteiger partial charge in [-0.2, -0.15) is 4.98 Å². The molecule has 0 saturated heterocycles. The van der Waals surface area contributed by atoms with Crippen LogP contribution in [0.1, 0.15) is 0 Å². The van der Waals surface area contributed by atoms with Crippen LogP contribution in [0.4, 0.5) is 16.0 Å². The highest BCUT2D eigenvalue weighted by Gasteiger charge is 2.03. The highest BCUT2D eigenvalue weighted by molar-refractivity contribution is 5.54. The third-order valence-electron chi connectivity index (χ3n) is 3.33. The summed E-state index contributed by atoms with van der Waals surface area (Å²) in [5.74, 6) is 1.67. The van der Waals surface area contributed by atoms with Crippen molar-refractivity contribution in [2.75, 3.05) is 25.6 Å². The Morgan fingerprint density at radius 1 is 0.923 bits per heavy atom. The van der Waals surface area contributed by atoms with E-state index in [0.29, 0.717) is 30.8 Å². The molecule has 26 heavy (non-hydrogen) atoms. The Bertz CT molecular complexity index is 826. The van der Waals surface area contributed by atoms with Crippen LogP contribution in [0, 0.1) is 5.82 Å². The molecule has 0 radical (unpaired) electrons. The molecule has 0 atom stereocenters. The van der Waals surface area contributed by atoms with Crippen molar-refractivity contribution in [2.24, 2.45) is 0 Å². The van der Waals surface area contributed by atoms with Gasteiger partial charge in [-0.1, -0.05) is 0 Å². The lowest BCUT2D eigenvalue weighted by Gasteiger charge is -2.09. The van der Waals surface area contributed by atoms with E-state index in [-0.39, 0.29) is 5.82 Å². The zero-order valence-electron chi connectivity index (χ0n) is 14.2. The van der Waals surface area contributed by atoms with Gasteiger partial charge in [0.2, 0.25) is 11.8 Å². The largest absolute Gasteiger partial charge is 0.491 e. The second-order valence-electron chi connectivity index (χ2n) is 5.27. The minimum absolute atomic E-state index is 0.322. The van der Waals surface area contributed by atoms with Crippen molar-refractivity contribution >= 4 is 11.6 Å². The predicted molar refractivity (Wildman–Crippen MR) is 95.6 cm³/mol. The fourth-order valence-corrected chi connectivity index (χ4v) is 2.09. The molecule has 0 aliphatic carbocycles. The number of nitrogens with zero attached hydrogens (tertiary/aromatic N) is 2. The molecule has 7 heteroatoms. The van der Waals surface area contributed by atoms with Gasteiger partial charge in [0.05, 0.1) is 6.61 Å². The molecule has 0 fully saturated rings. The maximum atomic E-state index is 12.9. The summed E-state index contributed by atoms with van der Waals surface area (Å²) in [7, 11) is 1.63. The number of benzene rings is 2. The Balaban J connectivity index is 1.62. The van der Waals surface area contributed by atoms with Gasteiger partial charge < -0.3 is 19.5 Å². The van der Waals surface area contributed by atoms with E-state index in [1.54, 1.807) is 19.4 Å². The van der Waals surface area contributed by atoms with Gasteiger partial charge in [0.1, 0.15) is 23.9 Å². The first kappa shape index (κ1) is 17.6. The van der Waals surface area contributed by atoms with E-state index in [0.717, 1.165) is 11.4 Å². The molecule has 0 saturated carbocycles. The van der Waals surface area contributed by atoms with Crippen molar-refractivity contribution in [3.05, 3.63) is 66.6 Å². The first-order chi connectivity index (χ1) is 12.7. The zero-order valence-corrected chi connectivity index (χ0v) is 14.2. The fourth-order valence-electron chi connectivity index (χ4n) is 2.09. The highest BCUT2D eigenvalue weighted by Crippen LogP contribution is 2.22. The van der Waals surface area contributed by atoms with Gasteiger partial charge in [-0.3, -0.25) is 0 Å². The van der Waals surface area contributed by atoms with Crippen LogP contribution in [0.2, 0.25) is 0 Å². The predicted octanol–water partition coefficient (Wildman–Crippen LogP) is 4.18. The molecule has 1 heterocycles. The molecule has 3 rings (SSSR count). The van der Waals surface area contributed by atoms with E-state index in [2.05, 4.69) is 15.3 Å². The van der Waals surface area contributed by atoms with Crippen LogP contribution in [0.5, 0.6) is 17.4 Å². The maximum absolute atomic E-state index is 12.9. The topological polar surface area (TPSA) is 65.5 Å². The molecule has 0 spiro atoms. The molecule has 0 unspecified atom stereocenters.